The van der Waals surface area contributed by atoms with E-state index in [2.05, 4.69) is 15.5 Å². The van der Waals surface area contributed by atoms with E-state index in [0.29, 0.717) is 12.1 Å². The Balaban J connectivity index is 1.85. The Labute approximate surface area is 182 Å². The number of sulfone groups is 2. The van der Waals surface area contributed by atoms with Gasteiger partial charge < -0.3 is 4.90 Å². The zero-order valence-electron chi connectivity index (χ0n) is 18.0. The summed E-state index contributed by atoms with van der Waals surface area (Å²) in [6, 6.07) is 5.14. The summed E-state index contributed by atoms with van der Waals surface area (Å²) in [4.78, 5) is 14.4. The Morgan fingerprint density at radius 2 is 1.94 bits per heavy atom. The number of carbonyl (C=O) groups is 1. The molecule has 0 saturated carbocycles. The van der Waals surface area contributed by atoms with Crippen LogP contribution in [0, 0.1) is 13.8 Å². The van der Waals surface area contributed by atoms with Crippen molar-refractivity contribution < 1.29 is 21.6 Å². The number of para-hydroxylation sites is 1. The lowest BCUT2D eigenvalue weighted by atomic mass is 10.1. The van der Waals surface area contributed by atoms with Gasteiger partial charge >= 0.3 is 0 Å². The molecule has 0 N–H and O–H groups in total. The van der Waals surface area contributed by atoms with Crippen LogP contribution in [0.2, 0.25) is 0 Å². The summed E-state index contributed by atoms with van der Waals surface area (Å²) in [5.74, 6) is -1.13. The molecule has 1 fully saturated rings. The van der Waals surface area contributed by atoms with Crippen molar-refractivity contribution in [1.82, 2.24) is 25.1 Å². The molecule has 1 aliphatic heterocycles. The summed E-state index contributed by atoms with van der Waals surface area (Å²) in [6.07, 6.45) is 0.319. The molecule has 1 aromatic heterocycles. The van der Waals surface area contributed by atoms with Crippen LogP contribution in [0.15, 0.2) is 18.2 Å². The van der Waals surface area contributed by atoms with Crippen LogP contribution in [0.5, 0.6) is 0 Å². The van der Waals surface area contributed by atoms with Gasteiger partial charge in [0.25, 0.3) is 0 Å². The number of aryl methyl sites for hydroxylation is 2. The van der Waals surface area contributed by atoms with Gasteiger partial charge in [0.1, 0.15) is 11.0 Å². The molecule has 10 nitrogen and oxygen atoms in total. The van der Waals surface area contributed by atoms with E-state index in [0.717, 1.165) is 11.1 Å². The highest BCUT2D eigenvalue weighted by Crippen LogP contribution is 2.23. The Kier molecular flexibility index (Phi) is 6.51. The molecule has 1 amide bonds. The van der Waals surface area contributed by atoms with Crippen molar-refractivity contribution in [2.75, 3.05) is 18.1 Å². The number of hydrogen-bond acceptors (Lipinski definition) is 8. The lowest BCUT2D eigenvalue weighted by molar-refractivity contribution is -0.132. The standard InChI is InChI=1S/C19H27N5O5S2/c1-5-23(16-9-10-30(26,27)11-16)19(25)15(4)31(28,29)12-17-20-21-22-24(17)18-13(2)7-6-8-14(18)3/h6-8,15-16H,5,9-12H2,1-4H3. The average Bonchev–Trinajstić information content (AvgIpc) is 3.27. The molecule has 2 atom stereocenters. The molecule has 2 heterocycles. The van der Waals surface area contributed by atoms with E-state index in [1.54, 1.807) is 6.92 Å². The summed E-state index contributed by atoms with van der Waals surface area (Å²) >= 11 is 0. The van der Waals surface area contributed by atoms with Crippen LogP contribution in [0.25, 0.3) is 5.69 Å². The fourth-order valence-electron chi connectivity index (χ4n) is 3.92. The van der Waals surface area contributed by atoms with Crippen LogP contribution in [-0.4, -0.2) is 77.2 Å². The van der Waals surface area contributed by atoms with E-state index in [1.165, 1.54) is 16.5 Å². The van der Waals surface area contributed by atoms with Gasteiger partial charge in [-0.2, -0.15) is 4.68 Å². The third kappa shape index (κ3) is 4.79. The maximum absolute atomic E-state index is 13.1. The van der Waals surface area contributed by atoms with Crippen molar-refractivity contribution in [3.05, 3.63) is 35.2 Å². The van der Waals surface area contributed by atoms with Gasteiger partial charge in [-0.3, -0.25) is 4.79 Å². The minimum Gasteiger partial charge on any atom is -0.338 e. The number of hydrogen-bond donors (Lipinski definition) is 0. The average molecular weight is 470 g/mol. The first-order valence-electron chi connectivity index (χ1n) is 10.0. The van der Waals surface area contributed by atoms with Gasteiger partial charge in [-0.25, -0.2) is 16.8 Å². The van der Waals surface area contributed by atoms with E-state index >= 15 is 0 Å². The molecule has 0 bridgehead atoms. The number of rotatable bonds is 7. The first-order chi connectivity index (χ1) is 14.5. The molecule has 0 aliphatic carbocycles. The first kappa shape index (κ1) is 23.3. The zero-order chi connectivity index (χ0) is 23.0. The van der Waals surface area contributed by atoms with Crippen molar-refractivity contribution in [2.45, 2.75) is 51.2 Å². The molecule has 170 valence electrons. The number of nitrogens with zero attached hydrogens (tertiary/aromatic N) is 5. The molecule has 1 aromatic carbocycles. The number of carbonyl (C=O) groups excluding carboxylic acids is 1. The largest absolute Gasteiger partial charge is 0.338 e. The maximum Gasteiger partial charge on any atom is 0.240 e. The second-order valence-electron chi connectivity index (χ2n) is 7.88. The lowest BCUT2D eigenvalue weighted by Crippen LogP contribution is -2.47. The third-order valence-electron chi connectivity index (χ3n) is 5.68. The van der Waals surface area contributed by atoms with E-state index in [9.17, 15) is 21.6 Å². The smallest absolute Gasteiger partial charge is 0.240 e. The van der Waals surface area contributed by atoms with Gasteiger partial charge in [0.2, 0.25) is 5.91 Å². The number of amides is 1. The molecule has 0 spiro atoms. The van der Waals surface area contributed by atoms with E-state index in [4.69, 9.17) is 0 Å². The van der Waals surface area contributed by atoms with E-state index < -0.39 is 42.6 Å². The zero-order valence-corrected chi connectivity index (χ0v) is 19.6. The van der Waals surface area contributed by atoms with Gasteiger partial charge in [-0.15, -0.1) is 5.10 Å². The summed E-state index contributed by atoms with van der Waals surface area (Å²) in [7, 11) is -7.16. The summed E-state index contributed by atoms with van der Waals surface area (Å²) in [6.45, 7) is 7.03. The maximum atomic E-state index is 13.1. The van der Waals surface area contributed by atoms with Gasteiger partial charge in [-0.05, 0) is 55.7 Å². The molecule has 1 saturated heterocycles. The van der Waals surface area contributed by atoms with Crippen molar-refractivity contribution in [1.29, 1.82) is 0 Å². The highest BCUT2D eigenvalue weighted by molar-refractivity contribution is 7.92. The minimum atomic E-state index is -3.96. The SMILES string of the molecule is CCN(C(=O)C(C)S(=O)(=O)Cc1nnnn1-c1c(C)cccc1C)C1CCS(=O)(=O)C1. The Morgan fingerprint density at radius 1 is 1.29 bits per heavy atom. The Hall–Kier alpha value is -2.34. The van der Waals surface area contributed by atoms with Gasteiger partial charge in [0, 0.05) is 12.6 Å². The molecule has 0 radical (unpaired) electrons. The van der Waals surface area contributed by atoms with Crippen molar-refractivity contribution >= 4 is 25.6 Å². The quantitative estimate of drug-likeness (QED) is 0.576. The second kappa shape index (κ2) is 8.65. The Bertz CT molecular complexity index is 1170. The first-order valence-corrected chi connectivity index (χ1v) is 13.6. The molecule has 1 aliphatic rings. The van der Waals surface area contributed by atoms with Gasteiger partial charge in [0.15, 0.2) is 25.5 Å². The van der Waals surface area contributed by atoms with Gasteiger partial charge in [-0.1, -0.05) is 18.2 Å². The molecule has 2 aromatic rings. The van der Waals surface area contributed by atoms with Crippen molar-refractivity contribution in [3.8, 4) is 5.69 Å². The van der Waals surface area contributed by atoms with Crippen LogP contribution in [-0.2, 0) is 30.2 Å². The third-order valence-corrected chi connectivity index (χ3v) is 9.36. The van der Waals surface area contributed by atoms with Crippen molar-refractivity contribution in [2.24, 2.45) is 0 Å². The summed E-state index contributed by atoms with van der Waals surface area (Å²) in [5.41, 5.74) is 2.47. The molecular formula is C19H27N5O5S2. The van der Waals surface area contributed by atoms with Crippen LogP contribution in [0.3, 0.4) is 0 Å². The molecule has 31 heavy (non-hydrogen) atoms. The molecule has 12 heteroatoms. The topological polar surface area (TPSA) is 132 Å². The van der Waals surface area contributed by atoms with E-state index in [1.807, 2.05) is 32.0 Å². The van der Waals surface area contributed by atoms with Gasteiger partial charge in [0.05, 0.1) is 17.2 Å². The van der Waals surface area contributed by atoms with Crippen molar-refractivity contribution in [3.63, 3.8) is 0 Å². The normalized spacial score (nSPS) is 19.3. The van der Waals surface area contributed by atoms with E-state index in [-0.39, 0.29) is 23.9 Å². The van der Waals surface area contributed by atoms with Crippen LogP contribution < -0.4 is 0 Å². The molecular weight excluding hydrogens is 442 g/mol. The number of aromatic nitrogens is 4. The predicted octanol–water partition coefficient (Wildman–Crippen LogP) is 0.618. The minimum absolute atomic E-state index is 0.00707. The fourth-order valence-corrected chi connectivity index (χ4v) is 6.88. The fraction of sp³-hybridized carbons (Fsp3) is 0.579. The molecule has 3 rings (SSSR count). The highest BCUT2D eigenvalue weighted by Gasteiger charge is 2.39. The Morgan fingerprint density at radius 3 is 2.48 bits per heavy atom. The highest BCUT2D eigenvalue weighted by atomic mass is 32.2. The number of tetrazole rings is 1. The lowest BCUT2D eigenvalue weighted by Gasteiger charge is -2.29. The van der Waals surface area contributed by atoms with Crippen LogP contribution >= 0.6 is 0 Å². The van der Waals surface area contributed by atoms with Crippen LogP contribution in [0.4, 0.5) is 0 Å². The monoisotopic (exact) mass is 469 g/mol. The van der Waals surface area contributed by atoms with Crippen LogP contribution in [0.1, 0.15) is 37.2 Å². The molecule has 2 unspecified atom stereocenters. The number of benzene rings is 1. The summed E-state index contributed by atoms with van der Waals surface area (Å²) < 4.78 is 51.2. The summed E-state index contributed by atoms with van der Waals surface area (Å²) in [5, 5.41) is 10.1. The predicted molar refractivity (Wildman–Crippen MR) is 115 cm³/mol. The second-order valence-corrected chi connectivity index (χ2v) is 12.4.